The number of nitrogens with zero attached hydrogens (tertiary/aromatic N) is 2. The third-order valence-corrected chi connectivity index (χ3v) is 3.84. The van der Waals surface area contributed by atoms with Crippen LogP contribution in [-0.2, 0) is 16.1 Å². The monoisotopic (exact) mass is 330 g/mol. The first-order chi connectivity index (χ1) is 11.6. The van der Waals surface area contributed by atoms with Gasteiger partial charge < -0.3 is 21.5 Å². The maximum atomic E-state index is 12.2. The van der Waals surface area contributed by atoms with E-state index in [1.807, 2.05) is 30.3 Å². The summed E-state index contributed by atoms with van der Waals surface area (Å²) in [7, 11) is 0. The summed E-state index contributed by atoms with van der Waals surface area (Å²) < 4.78 is 0. The van der Waals surface area contributed by atoms with E-state index in [-0.39, 0.29) is 13.1 Å². The minimum absolute atomic E-state index is 0.148. The number of hydrogen-bond donors (Lipinski definition) is 3. The highest BCUT2D eigenvalue weighted by molar-refractivity contribution is 5.85. The molecule has 128 valence electrons. The number of fused-ring (bicyclic) bond motifs is 1. The van der Waals surface area contributed by atoms with Crippen molar-refractivity contribution in [3.05, 3.63) is 42.1 Å². The van der Waals surface area contributed by atoms with Crippen LogP contribution < -0.4 is 11.5 Å². The highest BCUT2D eigenvalue weighted by Crippen LogP contribution is 2.17. The fourth-order valence-electron chi connectivity index (χ4n) is 2.61. The molecule has 0 aliphatic carbocycles. The number of para-hydroxylation sites is 1. The van der Waals surface area contributed by atoms with E-state index in [1.54, 1.807) is 6.20 Å². The maximum absolute atomic E-state index is 12.2. The second kappa shape index (κ2) is 8.37. The van der Waals surface area contributed by atoms with E-state index in [1.165, 1.54) is 4.90 Å². The molecule has 7 nitrogen and oxygen atoms in total. The van der Waals surface area contributed by atoms with Crippen molar-refractivity contribution in [3.8, 4) is 0 Å². The molecule has 7 heteroatoms. The molecule has 0 saturated carbocycles. The highest BCUT2D eigenvalue weighted by atomic mass is 16.4. The fraction of sp³-hybridized carbons (Fsp3) is 0.353. The molecule has 0 spiro atoms. The van der Waals surface area contributed by atoms with Crippen molar-refractivity contribution in [3.63, 3.8) is 0 Å². The molecule has 5 N–H and O–H groups in total. The number of nitrogens with two attached hydrogens (primary N) is 2. The quantitative estimate of drug-likeness (QED) is 0.655. The summed E-state index contributed by atoms with van der Waals surface area (Å²) in [5.74, 6) is -1.47. The van der Waals surface area contributed by atoms with Crippen molar-refractivity contribution in [2.45, 2.75) is 25.4 Å². The van der Waals surface area contributed by atoms with E-state index in [0.717, 1.165) is 16.5 Å². The molecule has 0 unspecified atom stereocenters. The third-order valence-electron chi connectivity index (χ3n) is 3.84. The van der Waals surface area contributed by atoms with Crippen molar-refractivity contribution in [1.82, 2.24) is 9.88 Å². The van der Waals surface area contributed by atoms with Crippen LogP contribution in [0.4, 0.5) is 0 Å². The van der Waals surface area contributed by atoms with Gasteiger partial charge in [0.1, 0.15) is 6.04 Å². The normalized spacial score (nSPS) is 12.1. The zero-order chi connectivity index (χ0) is 17.5. The number of carboxylic acids is 1. The predicted molar refractivity (Wildman–Crippen MR) is 91.1 cm³/mol. The number of rotatable bonds is 8. The number of aromatic nitrogens is 1. The lowest BCUT2D eigenvalue weighted by Gasteiger charge is -2.28. The number of aliphatic carboxylic acids is 1. The number of carbonyl (C=O) groups is 2. The van der Waals surface area contributed by atoms with Gasteiger partial charge in [0.15, 0.2) is 0 Å². The highest BCUT2D eigenvalue weighted by Gasteiger charge is 2.28. The van der Waals surface area contributed by atoms with E-state index < -0.39 is 17.9 Å². The molecule has 0 saturated heterocycles. The molecule has 1 aromatic carbocycles. The molecule has 0 fully saturated rings. The predicted octanol–water partition coefficient (Wildman–Crippen LogP) is 0.714. The second-order valence-corrected chi connectivity index (χ2v) is 5.55. The molecule has 2 rings (SSSR count). The van der Waals surface area contributed by atoms with Crippen molar-refractivity contribution in [1.29, 1.82) is 0 Å². The van der Waals surface area contributed by atoms with Crippen LogP contribution in [0.2, 0.25) is 0 Å². The van der Waals surface area contributed by atoms with E-state index >= 15 is 0 Å². The number of benzene rings is 1. The fourth-order valence-corrected chi connectivity index (χ4v) is 2.61. The molecular weight excluding hydrogens is 308 g/mol. The molecule has 0 aliphatic heterocycles. The lowest BCUT2D eigenvalue weighted by atomic mass is 10.1. The van der Waals surface area contributed by atoms with Gasteiger partial charge in [-0.2, -0.15) is 0 Å². The summed E-state index contributed by atoms with van der Waals surface area (Å²) in [4.78, 5) is 29.4. The Morgan fingerprint density at radius 1 is 1.25 bits per heavy atom. The second-order valence-electron chi connectivity index (χ2n) is 5.55. The molecule has 0 aliphatic rings. The van der Waals surface area contributed by atoms with Gasteiger partial charge in [-0.3, -0.25) is 9.78 Å². The average molecular weight is 330 g/mol. The van der Waals surface area contributed by atoms with Crippen molar-refractivity contribution >= 4 is 22.8 Å². The first kappa shape index (κ1) is 17.8. The van der Waals surface area contributed by atoms with Gasteiger partial charge in [0.05, 0.1) is 12.1 Å². The van der Waals surface area contributed by atoms with Crippen molar-refractivity contribution in [2.24, 2.45) is 11.5 Å². The Balaban J connectivity index is 2.28. The largest absolute Gasteiger partial charge is 0.480 e. The molecular formula is C17H22N4O3. The zero-order valence-corrected chi connectivity index (χ0v) is 13.4. The minimum Gasteiger partial charge on any atom is -0.480 e. The van der Waals surface area contributed by atoms with Crippen molar-refractivity contribution in [2.75, 3.05) is 13.1 Å². The smallest absolute Gasteiger partial charge is 0.326 e. The number of pyridine rings is 1. The molecule has 1 aromatic heterocycles. The summed E-state index contributed by atoms with van der Waals surface area (Å²) in [5.41, 5.74) is 12.5. The van der Waals surface area contributed by atoms with Crippen LogP contribution in [0, 0.1) is 0 Å². The Hall–Kier alpha value is -2.51. The lowest BCUT2D eigenvalue weighted by Crippen LogP contribution is -2.47. The molecule has 24 heavy (non-hydrogen) atoms. The minimum atomic E-state index is -1.06. The number of amides is 1. The van der Waals surface area contributed by atoms with Crippen LogP contribution in [-0.4, -0.2) is 46.0 Å². The van der Waals surface area contributed by atoms with Gasteiger partial charge in [-0.05, 0) is 37.1 Å². The van der Waals surface area contributed by atoms with Crippen LogP contribution in [0.1, 0.15) is 18.4 Å². The standard InChI is InChI=1S/C17H22N4O3/c18-7-3-6-15(17(23)24)21(16(22)9-19)11-12-8-13-4-1-2-5-14(13)20-10-12/h1-2,4-5,8,10,15H,3,6-7,9,11,18-19H2,(H,23,24)/t15-/m0/s1. The topological polar surface area (TPSA) is 123 Å². The molecule has 1 heterocycles. The molecule has 0 bridgehead atoms. The zero-order valence-electron chi connectivity index (χ0n) is 13.4. The molecule has 1 atom stereocenters. The Labute approximate surface area is 140 Å². The van der Waals surface area contributed by atoms with Gasteiger partial charge in [-0.1, -0.05) is 18.2 Å². The van der Waals surface area contributed by atoms with E-state index in [4.69, 9.17) is 11.5 Å². The van der Waals surface area contributed by atoms with Crippen molar-refractivity contribution < 1.29 is 14.7 Å². The third kappa shape index (κ3) is 4.27. The van der Waals surface area contributed by atoms with Gasteiger partial charge in [-0.15, -0.1) is 0 Å². The van der Waals surface area contributed by atoms with Gasteiger partial charge in [0.2, 0.25) is 5.91 Å². The van der Waals surface area contributed by atoms with Gasteiger partial charge in [0.25, 0.3) is 0 Å². The molecule has 1 amide bonds. The molecule has 0 radical (unpaired) electrons. The van der Waals surface area contributed by atoms with Crippen LogP contribution in [0.3, 0.4) is 0 Å². The van der Waals surface area contributed by atoms with Gasteiger partial charge in [-0.25, -0.2) is 4.79 Å². The van der Waals surface area contributed by atoms with E-state index in [2.05, 4.69) is 4.98 Å². The van der Waals surface area contributed by atoms with Crippen LogP contribution >= 0.6 is 0 Å². The Bertz CT molecular complexity index is 720. The van der Waals surface area contributed by atoms with Crippen LogP contribution in [0.25, 0.3) is 10.9 Å². The summed E-state index contributed by atoms with van der Waals surface area (Å²) >= 11 is 0. The number of carbonyl (C=O) groups excluding carboxylic acids is 1. The van der Waals surface area contributed by atoms with Gasteiger partial charge >= 0.3 is 5.97 Å². The van der Waals surface area contributed by atoms with Gasteiger partial charge in [0, 0.05) is 18.1 Å². The summed E-state index contributed by atoms with van der Waals surface area (Å²) in [6, 6.07) is 8.56. The van der Waals surface area contributed by atoms with E-state index in [0.29, 0.717) is 19.4 Å². The molecule has 2 aromatic rings. The van der Waals surface area contributed by atoms with E-state index in [9.17, 15) is 14.7 Å². The first-order valence-corrected chi connectivity index (χ1v) is 7.83. The van der Waals surface area contributed by atoms with Crippen LogP contribution in [0.5, 0.6) is 0 Å². The number of hydrogen-bond acceptors (Lipinski definition) is 5. The SMILES string of the molecule is NCCC[C@@H](C(=O)O)N(Cc1cnc2ccccc2c1)C(=O)CN. The summed E-state index contributed by atoms with van der Waals surface area (Å²) in [5, 5.41) is 10.4. The number of carboxylic acid groups (broad SMARTS) is 1. The summed E-state index contributed by atoms with van der Waals surface area (Å²) in [6.07, 6.45) is 2.46. The summed E-state index contributed by atoms with van der Waals surface area (Å²) in [6.45, 7) is 0.273. The van der Waals surface area contributed by atoms with Crippen LogP contribution in [0.15, 0.2) is 36.5 Å². The first-order valence-electron chi connectivity index (χ1n) is 7.83. The Morgan fingerprint density at radius 3 is 2.67 bits per heavy atom. The Morgan fingerprint density at radius 2 is 2.00 bits per heavy atom. The lowest BCUT2D eigenvalue weighted by molar-refractivity contribution is -0.150. The maximum Gasteiger partial charge on any atom is 0.326 e. The Kier molecular flexibility index (Phi) is 6.22. The average Bonchev–Trinajstić information content (AvgIpc) is 2.60.